The van der Waals surface area contributed by atoms with E-state index in [0.29, 0.717) is 5.69 Å². The van der Waals surface area contributed by atoms with Gasteiger partial charge in [0.2, 0.25) is 0 Å². The van der Waals surface area contributed by atoms with E-state index in [1.807, 2.05) is 0 Å². The largest absolute Gasteiger partial charge is 0.399 e. The van der Waals surface area contributed by atoms with Crippen molar-refractivity contribution < 1.29 is 8.42 Å². The van der Waals surface area contributed by atoms with Gasteiger partial charge in [-0.05, 0) is 24.3 Å². The molecule has 0 heterocycles. The lowest BCUT2D eigenvalue weighted by molar-refractivity contribution is 0.584. The van der Waals surface area contributed by atoms with E-state index in [1.165, 1.54) is 24.3 Å². The molecule has 1 aromatic carbocycles. The molecular weight excluding hydrogens is 178 g/mol. The third kappa shape index (κ3) is 1.73. The third-order valence-electron chi connectivity index (χ3n) is 1.35. The first kappa shape index (κ1) is 8.98. The second-order valence-electron chi connectivity index (χ2n) is 2.19. The first-order chi connectivity index (χ1) is 5.56. The van der Waals surface area contributed by atoms with E-state index >= 15 is 0 Å². The van der Waals surface area contributed by atoms with Crippen LogP contribution in [0.5, 0.6) is 0 Å². The molecule has 12 heavy (non-hydrogen) atoms. The topological polar surface area (TPSA) is 98.2 Å². The number of hydrogen-bond donors (Lipinski definition) is 3. The summed E-state index contributed by atoms with van der Waals surface area (Å²) in [6.45, 7) is 0. The molecule has 66 valence electrons. The van der Waals surface area contributed by atoms with Crippen LogP contribution in [0.15, 0.2) is 29.2 Å². The van der Waals surface area contributed by atoms with Crippen molar-refractivity contribution in [2.75, 3.05) is 5.73 Å². The average Bonchev–Trinajstić information content (AvgIpc) is 2.05. The molecule has 0 saturated carbocycles. The minimum atomic E-state index is -3.54. The van der Waals surface area contributed by atoms with E-state index in [1.54, 1.807) is 4.83 Å². The Bertz CT molecular complexity index is 357. The van der Waals surface area contributed by atoms with Crippen LogP contribution < -0.4 is 16.4 Å². The molecule has 5 N–H and O–H groups in total. The number of anilines is 1. The van der Waals surface area contributed by atoms with Gasteiger partial charge < -0.3 is 5.73 Å². The second kappa shape index (κ2) is 3.10. The zero-order valence-electron chi connectivity index (χ0n) is 6.19. The Morgan fingerprint density at radius 1 is 1.17 bits per heavy atom. The number of benzene rings is 1. The van der Waals surface area contributed by atoms with Crippen LogP contribution in [-0.2, 0) is 10.0 Å². The fourth-order valence-corrected chi connectivity index (χ4v) is 1.35. The molecule has 0 bridgehead atoms. The van der Waals surface area contributed by atoms with Crippen LogP contribution in [0, 0.1) is 0 Å². The van der Waals surface area contributed by atoms with Crippen LogP contribution in [0.2, 0.25) is 0 Å². The predicted molar refractivity (Wildman–Crippen MR) is 45.4 cm³/mol. The van der Waals surface area contributed by atoms with Gasteiger partial charge in [0.25, 0.3) is 10.0 Å². The Balaban J connectivity index is 3.14. The number of rotatable bonds is 2. The third-order valence-corrected chi connectivity index (χ3v) is 2.55. The molecular formula is C6H9N3O2S. The molecule has 0 fully saturated rings. The van der Waals surface area contributed by atoms with Gasteiger partial charge in [-0.1, -0.05) is 0 Å². The summed E-state index contributed by atoms with van der Waals surface area (Å²) in [6.07, 6.45) is 0. The summed E-state index contributed by atoms with van der Waals surface area (Å²) in [5.74, 6) is 4.81. The molecule has 0 radical (unpaired) electrons. The SMILES string of the molecule is NNS(=O)(=O)c1ccc(N)cc1. The van der Waals surface area contributed by atoms with Crippen molar-refractivity contribution in [3.05, 3.63) is 24.3 Å². The number of hydrazine groups is 1. The van der Waals surface area contributed by atoms with Crippen molar-refractivity contribution in [2.24, 2.45) is 5.84 Å². The molecule has 6 heteroatoms. The van der Waals surface area contributed by atoms with Crippen molar-refractivity contribution in [1.82, 2.24) is 4.83 Å². The highest BCUT2D eigenvalue weighted by Gasteiger charge is 2.09. The molecule has 0 unspecified atom stereocenters. The Labute approximate surface area is 70.4 Å². The summed E-state index contributed by atoms with van der Waals surface area (Å²) in [4.78, 5) is 1.80. The van der Waals surface area contributed by atoms with Crippen LogP contribution in [0.4, 0.5) is 5.69 Å². The Morgan fingerprint density at radius 3 is 2.08 bits per heavy atom. The van der Waals surface area contributed by atoms with Crippen molar-refractivity contribution >= 4 is 15.7 Å². The smallest absolute Gasteiger partial charge is 0.253 e. The van der Waals surface area contributed by atoms with Gasteiger partial charge in [-0.2, -0.15) is 4.83 Å². The number of nitrogen functional groups attached to an aromatic ring is 1. The molecule has 0 aliphatic rings. The van der Waals surface area contributed by atoms with E-state index < -0.39 is 10.0 Å². The zero-order valence-corrected chi connectivity index (χ0v) is 7.01. The second-order valence-corrected chi connectivity index (χ2v) is 3.90. The molecule has 0 atom stereocenters. The average molecular weight is 187 g/mol. The fourth-order valence-electron chi connectivity index (χ4n) is 0.715. The van der Waals surface area contributed by atoms with Crippen molar-refractivity contribution in [1.29, 1.82) is 0 Å². The Morgan fingerprint density at radius 2 is 1.67 bits per heavy atom. The van der Waals surface area contributed by atoms with Gasteiger partial charge in [0, 0.05) is 5.69 Å². The van der Waals surface area contributed by atoms with Gasteiger partial charge >= 0.3 is 0 Å². The maximum absolute atomic E-state index is 11.0. The van der Waals surface area contributed by atoms with E-state index in [4.69, 9.17) is 11.6 Å². The molecule has 5 nitrogen and oxygen atoms in total. The first-order valence-corrected chi connectivity index (χ1v) is 4.62. The zero-order chi connectivity index (χ0) is 9.19. The summed E-state index contributed by atoms with van der Waals surface area (Å²) in [7, 11) is -3.54. The van der Waals surface area contributed by atoms with Crippen LogP contribution >= 0.6 is 0 Å². The molecule has 0 amide bonds. The number of nitrogens with one attached hydrogen (secondary N) is 1. The fraction of sp³-hybridized carbons (Fsp3) is 0. The molecule has 0 aromatic heterocycles. The summed E-state index contributed by atoms with van der Waals surface area (Å²) in [5, 5.41) is 0. The van der Waals surface area contributed by atoms with Crippen molar-refractivity contribution in [3.8, 4) is 0 Å². The van der Waals surface area contributed by atoms with E-state index in [-0.39, 0.29) is 4.90 Å². The molecule has 0 spiro atoms. The lowest BCUT2D eigenvalue weighted by Crippen LogP contribution is -2.30. The molecule has 0 aliphatic carbocycles. The van der Waals surface area contributed by atoms with Gasteiger partial charge in [-0.3, -0.25) is 5.84 Å². The summed E-state index contributed by atoms with van der Waals surface area (Å²) < 4.78 is 22.1. The minimum absolute atomic E-state index is 0.0965. The highest BCUT2D eigenvalue weighted by atomic mass is 32.2. The van der Waals surface area contributed by atoms with Gasteiger partial charge in [-0.25, -0.2) is 8.42 Å². The molecule has 1 aromatic rings. The maximum atomic E-state index is 11.0. The lowest BCUT2D eigenvalue weighted by atomic mass is 10.3. The molecule has 0 aliphatic heterocycles. The number of hydrogen-bond acceptors (Lipinski definition) is 4. The van der Waals surface area contributed by atoms with Gasteiger partial charge in [-0.15, -0.1) is 0 Å². The molecule has 0 saturated heterocycles. The summed E-state index contributed by atoms with van der Waals surface area (Å²) in [6, 6.07) is 5.74. The van der Waals surface area contributed by atoms with Crippen molar-refractivity contribution in [3.63, 3.8) is 0 Å². The van der Waals surface area contributed by atoms with Crippen LogP contribution in [-0.4, -0.2) is 8.42 Å². The van der Waals surface area contributed by atoms with E-state index in [0.717, 1.165) is 0 Å². The lowest BCUT2D eigenvalue weighted by Gasteiger charge is -2.01. The number of sulfonamides is 1. The van der Waals surface area contributed by atoms with E-state index in [2.05, 4.69) is 0 Å². The van der Waals surface area contributed by atoms with Crippen LogP contribution in [0.1, 0.15) is 0 Å². The monoisotopic (exact) mass is 187 g/mol. The van der Waals surface area contributed by atoms with Crippen LogP contribution in [0.3, 0.4) is 0 Å². The van der Waals surface area contributed by atoms with E-state index in [9.17, 15) is 8.42 Å². The van der Waals surface area contributed by atoms with Crippen LogP contribution in [0.25, 0.3) is 0 Å². The first-order valence-electron chi connectivity index (χ1n) is 3.14. The highest BCUT2D eigenvalue weighted by Crippen LogP contribution is 2.09. The number of nitrogens with two attached hydrogens (primary N) is 2. The Kier molecular flexibility index (Phi) is 2.32. The summed E-state index contributed by atoms with van der Waals surface area (Å²) in [5.41, 5.74) is 5.87. The standard InChI is InChI=1S/C6H9N3O2S/c7-5-1-3-6(4-2-5)12(10,11)9-8/h1-4,9H,7-8H2. The molecule has 1 rings (SSSR count). The van der Waals surface area contributed by atoms with Gasteiger partial charge in [0.05, 0.1) is 4.90 Å². The predicted octanol–water partition coefficient (Wildman–Crippen LogP) is -0.579. The maximum Gasteiger partial charge on any atom is 0.253 e. The highest BCUT2D eigenvalue weighted by molar-refractivity contribution is 7.89. The minimum Gasteiger partial charge on any atom is -0.399 e. The van der Waals surface area contributed by atoms with Gasteiger partial charge in [0.15, 0.2) is 0 Å². The Hall–Kier alpha value is -1.11. The normalized spacial score (nSPS) is 11.4. The van der Waals surface area contributed by atoms with Crippen molar-refractivity contribution in [2.45, 2.75) is 4.90 Å². The summed E-state index contributed by atoms with van der Waals surface area (Å²) >= 11 is 0. The van der Waals surface area contributed by atoms with Gasteiger partial charge in [0.1, 0.15) is 0 Å². The quantitative estimate of drug-likeness (QED) is 0.328.